The van der Waals surface area contributed by atoms with Crippen molar-refractivity contribution in [1.82, 2.24) is 0 Å². The summed E-state index contributed by atoms with van der Waals surface area (Å²) in [6.07, 6.45) is 0.371. The molecular formula is C29H25NO5S. The molecule has 3 N–H and O–H groups in total. The Morgan fingerprint density at radius 2 is 1.33 bits per heavy atom. The van der Waals surface area contributed by atoms with Crippen molar-refractivity contribution in [3.05, 3.63) is 94.9 Å². The van der Waals surface area contributed by atoms with Crippen molar-refractivity contribution in [3.63, 3.8) is 0 Å². The van der Waals surface area contributed by atoms with Gasteiger partial charge in [-0.05, 0) is 52.4 Å². The summed E-state index contributed by atoms with van der Waals surface area (Å²) in [4.78, 5) is 34.6. The first-order valence-corrected chi connectivity index (χ1v) is 12.2. The number of phenolic OH excluding ortho intramolecular Hbond substituents is 1. The van der Waals surface area contributed by atoms with Crippen molar-refractivity contribution in [2.45, 2.75) is 26.2 Å². The van der Waals surface area contributed by atoms with Crippen LogP contribution in [0.15, 0.2) is 78.2 Å². The lowest BCUT2D eigenvalue weighted by Gasteiger charge is -2.07. The number of carboxylic acid groups (broad SMARTS) is 1. The molecule has 0 saturated heterocycles. The van der Waals surface area contributed by atoms with Crippen LogP contribution in [-0.2, 0) is 33.6 Å². The van der Waals surface area contributed by atoms with Crippen molar-refractivity contribution >= 4 is 34.0 Å². The van der Waals surface area contributed by atoms with E-state index in [9.17, 15) is 19.5 Å². The Morgan fingerprint density at radius 3 is 1.92 bits per heavy atom. The van der Waals surface area contributed by atoms with Crippen LogP contribution in [-0.4, -0.2) is 27.9 Å². The Morgan fingerprint density at radius 1 is 0.750 bits per heavy atom. The maximum absolute atomic E-state index is 12.5. The minimum atomic E-state index is -0.886. The van der Waals surface area contributed by atoms with Crippen LogP contribution in [0.5, 0.6) is 5.75 Å². The van der Waals surface area contributed by atoms with Crippen LogP contribution in [0.25, 0.3) is 22.3 Å². The molecule has 1 heterocycles. The fourth-order valence-electron chi connectivity index (χ4n) is 3.89. The van der Waals surface area contributed by atoms with Gasteiger partial charge in [-0.1, -0.05) is 60.7 Å². The number of aromatic hydroxyl groups is 1. The third-order valence-electron chi connectivity index (χ3n) is 5.68. The summed E-state index contributed by atoms with van der Waals surface area (Å²) in [5, 5.41) is 24.7. The summed E-state index contributed by atoms with van der Waals surface area (Å²) in [7, 11) is 0. The molecule has 0 aliphatic heterocycles. The number of thiophene rings is 1. The molecule has 0 unspecified atom stereocenters. The summed E-state index contributed by atoms with van der Waals surface area (Å²) in [5.74, 6) is -0.915. The number of carbonyl (C=O) groups excluding carboxylic acids is 2. The molecule has 0 aliphatic rings. The van der Waals surface area contributed by atoms with Crippen LogP contribution in [0, 0.1) is 0 Å². The van der Waals surface area contributed by atoms with Gasteiger partial charge in [-0.2, -0.15) is 0 Å². The molecule has 7 heteroatoms. The first-order valence-electron chi connectivity index (χ1n) is 11.4. The quantitative estimate of drug-likeness (QED) is 0.273. The molecule has 6 nitrogen and oxygen atoms in total. The molecule has 0 atom stereocenters. The molecule has 36 heavy (non-hydrogen) atoms. The standard InChI is InChI=1S/C29H25NO5S/c1-18(31)12-24-11-10-23(15-26(24)32)21-6-8-22(9-7-21)25-16-28(36-17-25)30-27(33)13-19-2-4-20(5-3-19)14-29(34)35/h2-11,15-17,32H,12-14H2,1H3,(H,30,33)(H,34,35). The fraction of sp³-hybridized carbons (Fsp3) is 0.138. The Labute approximate surface area is 212 Å². The number of Topliss-reactive ketones (excluding diaryl/α,β-unsaturated/α-hetero) is 1. The largest absolute Gasteiger partial charge is 0.508 e. The number of benzene rings is 3. The maximum Gasteiger partial charge on any atom is 0.307 e. The van der Waals surface area contributed by atoms with Gasteiger partial charge in [0.1, 0.15) is 11.5 Å². The van der Waals surface area contributed by atoms with Crippen molar-refractivity contribution in [2.75, 3.05) is 5.32 Å². The highest BCUT2D eigenvalue weighted by atomic mass is 32.1. The number of phenols is 1. The minimum Gasteiger partial charge on any atom is -0.508 e. The molecule has 1 amide bonds. The second kappa shape index (κ2) is 11.0. The lowest BCUT2D eigenvalue weighted by atomic mass is 9.99. The molecule has 182 valence electrons. The number of carboxylic acids is 1. The van der Waals surface area contributed by atoms with Gasteiger partial charge in [-0.15, -0.1) is 11.3 Å². The van der Waals surface area contributed by atoms with Crippen LogP contribution in [0.3, 0.4) is 0 Å². The van der Waals surface area contributed by atoms with E-state index in [0.29, 0.717) is 11.1 Å². The Hall–Kier alpha value is -4.23. The summed E-state index contributed by atoms with van der Waals surface area (Å²) >= 11 is 1.44. The molecule has 4 rings (SSSR count). The summed E-state index contributed by atoms with van der Waals surface area (Å²) in [6, 6.07) is 22.2. The Kier molecular flexibility index (Phi) is 7.61. The fourth-order valence-corrected chi connectivity index (χ4v) is 4.71. The van der Waals surface area contributed by atoms with Crippen molar-refractivity contribution in [1.29, 1.82) is 0 Å². The van der Waals surface area contributed by atoms with E-state index in [1.165, 1.54) is 18.3 Å². The number of rotatable bonds is 9. The van der Waals surface area contributed by atoms with Crippen molar-refractivity contribution < 1.29 is 24.6 Å². The van der Waals surface area contributed by atoms with Gasteiger partial charge in [0.2, 0.25) is 5.91 Å². The minimum absolute atomic E-state index is 0.000337. The second-order valence-electron chi connectivity index (χ2n) is 8.61. The number of ketones is 1. The number of aliphatic carboxylic acids is 1. The molecule has 4 aromatic rings. The predicted molar refractivity (Wildman–Crippen MR) is 141 cm³/mol. The van der Waals surface area contributed by atoms with E-state index < -0.39 is 5.97 Å². The summed E-state index contributed by atoms with van der Waals surface area (Å²) in [6.45, 7) is 1.50. The highest BCUT2D eigenvalue weighted by Gasteiger charge is 2.10. The van der Waals surface area contributed by atoms with Gasteiger partial charge >= 0.3 is 5.97 Å². The first-order chi connectivity index (χ1) is 17.3. The monoisotopic (exact) mass is 499 g/mol. The smallest absolute Gasteiger partial charge is 0.307 e. The average Bonchev–Trinajstić information content (AvgIpc) is 3.29. The van der Waals surface area contributed by atoms with Crippen LogP contribution >= 0.6 is 11.3 Å². The van der Waals surface area contributed by atoms with E-state index >= 15 is 0 Å². The molecule has 0 radical (unpaired) electrons. The lowest BCUT2D eigenvalue weighted by molar-refractivity contribution is -0.136. The van der Waals surface area contributed by atoms with Crippen molar-refractivity contribution in [2.24, 2.45) is 0 Å². The van der Waals surface area contributed by atoms with Crippen LogP contribution in [0.1, 0.15) is 23.6 Å². The molecule has 0 saturated carbocycles. The van der Waals surface area contributed by atoms with Gasteiger partial charge < -0.3 is 15.5 Å². The molecular weight excluding hydrogens is 474 g/mol. The highest BCUT2D eigenvalue weighted by molar-refractivity contribution is 7.14. The second-order valence-corrected chi connectivity index (χ2v) is 9.52. The van der Waals surface area contributed by atoms with Crippen LogP contribution < -0.4 is 5.32 Å². The van der Waals surface area contributed by atoms with Gasteiger partial charge in [0, 0.05) is 17.4 Å². The number of nitrogens with one attached hydrogen (secondary N) is 1. The van der Waals surface area contributed by atoms with Gasteiger partial charge in [0.25, 0.3) is 0 Å². The molecule has 3 aromatic carbocycles. The number of anilines is 1. The van der Waals surface area contributed by atoms with Gasteiger partial charge in [0.15, 0.2) is 0 Å². The maximum atomic E-state index is 12.5. The van der Waals surface area contributed by atoms with E-state index in [1.54, 1.807) is 36.4 Å². The third-order valence-corrected chi connectivity index (χ3v) is 6.53. The Balaban J connectivity index is 1.38. The van der Waals surface area contributed by atoms with Crippen LogP contribution in [0.4, 0.5) is 5.00 Å². The number of hydrogen-bond acceptors (Lipinski definition) is 5. The van der Waals surface area contributed by atoms with Gasteiger partial charge in [0.05, 0.1) is 17.8 Å². The Bertz CT molecular complexity index is 1400. The molecule has 0 bridgehead atoms. The lowest BCUT2D eigenvalue weighted by Crippen LogP contribution is -2.13. The zero-order valence-electron chi connectivity index (χ0n) is 19.7. The van der Waals surface area contributed by atoms with E-state index in [1.807, 2.05) is 41.8 Å². The van der Waals surface area contributed by atoms with E-state index in [0.717, 1.165) is 32.8 Å². The van der Waals surface area contributed by atoms with E-state index in [4.69, 9.17) is 5.11 Å². The SMILES string of the molecule is CC(=O)Cc1ccc(-c2ccc(-c3csc(NC(=O)Cc4ccc(CC(=O)O)cc4)c3)cc2)cc1O. The summed E-state index contributed by atoms with van der Waals surface area (Å²) < 4.78 is 0. The average molecular weight is 500 g/mol. The zero-order chi connectivity index (χ0) is 25.7. The number of amides is 1. The number of carbonyl (C=O) groups is 3. The highest BCUT2D eigenvalue weighted by Crippen LogP contribution is 2.32. The molecule has 0 spiro atoms. The third kappa shape index (κ3) is 6.46. The van der Waals surface area contributed by atoms with Gasteiger partial charge in [-0.25, -0.2) is 0 Å². The molecule has 0 fully saturated rings. The normalized spacial score (nSPS) is 10.7. The van der Waals surface area contributed by atoms with E-state index in [2.05, 4.69) is 5.32 Å². The van der Waals surface area contributed by atoms with Crippen LogP contribution in [0.2, 0.25) is 0 Å². The molecule has 0 aliphatic carbocycles. The van der Waals surface area contributed by atoms with Gasteiger partial charge in [-0.3, -0.25) is 14.4 Å². The van der Waals surface area contributed by atoms with E-state index in [-0.39, 0.29) is 36.7 Å². The first kappa shape index (κ1) is 24.9. The van der Waals surface area contributed by atoms with Crippen molar-refractivity contribution in [3.8, 4) is 28.0 Å². The predicted octanol–water partition coefficient (Wildman–Crippen LogP) is 5.73. The number of hydrogen-bond donors (Lipinski definition) is 3. The molecule has 1 aromatic heterocycles. The topological polar surface area (TPSA) is 104 Å². The summed E-state index contributed by atoms with van der Waals surface area (Å²) in [5.41, 5.74) is 5.92. The zero-order valence-corrected chi connectivity index (χ0v) is 20.5.